The number of ether oxygens (including phenoxy) is 2. The zero-order chi connectivity index (χ0) is 17.2. The van der Waals surface area contributed by atoms with Crippen molar-refractivity contribution in [1.82, 2.24) is 9.97 Å². The average molecular weight is 443 g/mol. The van der Waals surface area contributed by atoms with E-state index in [0.29, 0.717) is 6.20 Å². The van der Waals surface area contributed by atoms with E-state index in [1.165, 1.54) is 0 Å². The standard InChI is InChI=1S/C9H5Cl6F3N2O2/c10-7(11,12)2-21-5-4(9(16,17)18)1-19-6(20-5)22-3-8(13,14)15/h1H,2-3H2. The maximum absolute atomic E-state index is 12.8. The summed E-state index contributed by atoms with van der Waals surface area (Å²) in [5, 5.41) is 0. The Balaban J connectivity index is 3.01. The highest BCUT2D eigenvalue weighted by Crippen LogP contribution is 2.37. The first kappa shape index (κ1) is 20.3. The van der Waals surface area contributed by atoms with E-state index in [1.54, 1.807) is 0 Å². The van der Waals surface area contributed by atoms with E-state index in [4.69, 9.17) is 79.1 Å². The molecule has 0 radical (unpaired) electrons. The van der Waals surface area contributed by atoms with Crippen molar-refractivity contribution in [3.63, 3.8) is 0 Å². The molecular formula is C9H5Cl6F3N2O2. The first-order chi connectivity index (χ1) is 9.78. The number of nitrogens with zero attached hydrogens (tertiary/aromatic N) is 2. The van der Waals surface area contributed by atoms with E-state index >= 15 is 0 Å². The molecule has 0 fully saturated rings. The van der Waals surface area contributed by atoms with E-state index in [-0.39, 0.29) is 0 Å². The van der Waals surface area contributed by atoms with Crippen molar-refractivity contribution in [2.24, 2.45) is 0 Å². The van der Waals surface area contributed by atoms with E-state index in [9.17, 15) is 13.2 Å². The number of hydrogen-bond acceptors (Lipinski definition) is 4. The molecule has 0 aliphatic heterocycles. The molecule has 0 saturated carbocycles. The summed E-state index contributed by atoms with van der Waals surface area (Å²) in [4.78, 5) is 6.76. The number of hydrogen-bond donors (Lipinski definition) is 0. The fraction of sp³-hybridized carbons (Fsp3) is 0.556. The Bertz CT molecular complexity index is 518. The molecule has 0 amide bonds. The van der Waals surface area contributed by atoms with E-state index in [0.717, 1.165) is 0 Å². The molecule has 0 unspecified atom stereocenters. The minimum absolute atomic E-state index is 0.439. The molecule has 13 heteroatoms. The van der Waals surface area contributed by atoms with Gasteiger partial charge in [-0.3, -0.25) is 0 Å². The molecule has 1 aromatic rings. The average Bonchev–Trinajstić information content (AvgIpc) is 2.31. The third kappa shape index (κ3) is 7.66. The van der Waals surface area contributed by atoms with Crippen LogP contribution >= 0.6 is 69.6 Å². The summed E-state index contributed by atoms with van der Waals surface area (Å²) < 4.78 is 44.3. The smallest absolute Gasteiger partial charge is 0.423 e. The van der Waals surface area contributed by atoms with Gasteiger partial charge in [0, 0.05) is 0 Å². The van der Waals surface area contributed by atoms with Gasteiger partial charge in [-0.05, 0) is 0 Å². The molecule has 0 atom stereocenters. The Morgan fingerprint density at radius 2 is 1.41 bits per heavy atom. The maximum Gasteiger partial charge on any atom is 0.423 e. The van der Waals surface area contributed by atoms with Crippen LogP contribution in [0.2, 0.25) is 0 Å². The zero-order valence-electron chi connectivity index (χ0n) is 10.1. The van der Waals surface area contributed by atoms with Crippen LogP contribution in [0.5, 0.6) is 11.9 Å². The SMILES string of the molecule is FC(F)(F)c1cnc(OCC(Cl)(Cl)Cl)nc1OCC(Cl)(Cl)Cl. The molecule has 0 N–H and O–H groups in total. The van der Waals surface area contributed by atoms with Crippen LogP contribution < -0.4 is 9.47 Å². The predicted octanol–water partition coefficient (Wildman–Crippen LogP) is 4.99. The second kappa shape index (κ2) is 7.40. The van der Waals surface area contributed by atoms with Gasteiger partial charge in [0.2, 0.25) is 13.5 Å². The fourth-order valence-corrected chi connectivity index (χ4v) is 1.35. The van der Waals surface area contributed by atoms with Gasteiger partial charge in [-0.2, -0.15) is 18.2 Å². The van der Waals surface area contributed by atoms with Crippen LogP contribution in [0.1, 0.15) is 5.56 Å². The minimum Gasteiger partial charge on any atom is -0.473 e. The lowest BCUT2D eigenvalue weighted by atomic mass is 10.3. The molecule has 1 heterocycles. The molecule has 1 aromatic heterocycles. The van der Waals surface area contributed by atoms with Crippen molar-refractivity contribution in [2.45, 2.75) is 13.8 Å². The Labute approximate surface area is 152 Å². The summed E-state index contributed by atoms with van der Waals surface area (Å²) in [5.74, 6) is -0.881. The number of rotatable bonds is 4. The quantitative estimate of drug-likeness (QED) is 0.616. The van der Waals surface area contributed by atoms with Crippen LogP contribution in [-0.2, 0) is 6.18 Å². The van der Waals surface area contributed by atoms with Crippen LogP contribution in [0.25, 0.3) is 0 Å². The van der Waals surface area contributed by atoms with Crippen molar-refractivity contribution in [2.75, 3.05) is 13.2 Å². The normalized spacial score (nSPS) is 13.1. The van der Waals surface area contributed by atoms with Crippen LogP contribution in [0.15, 0.2) is 6.20 Å². The zero-order valence-corrected chi connectivity index (χ0v) is 14.6. The summed E-state index contributed by atoms with van der Waals surface area (Å²) in [6.07, 6.45) is -4.34. The molecule has 4 nitrogen and oxygen atoms in total. The second-order valence-electron chi connectivity index (χ2n) is 3.68. The fourth-order valence-electron chi connectivity index (χ4n) is 1.02. The first-order valence-electron chi connectivity index (χ1n) is 5.11. The van der Waals surface area contributed by atoms with Crippen molar-refractivity contribution in [3.05, 3.63) is 11.8 Å². The van der Waals surface area contributed by atoms with Gasteiger partial charge in [0.25, 0.3) is 0 Å². The highest BCUT2D eigenvalue weighted by Gasteiger charge is 2.37. The summed E-state index contributed by atoms with van der Waals surface area (Å²) in [5.41, 5.74) is -1.28. The van der Waals surface area contributed by atoms with Crippen LogP contribution in [0, 0.1) is 0 Å². The van der Waals surface area contributed by atoms with E-state index < -0.39 is 44.4 Å². The van der Waals surface area contributed by atoms with Crippen molar-refractivity contribution < 1.29 is 22.6 Å². The molecule has 0 aliphatic rings. The monoisotopic (exact) mass is 440 g/mol. The summed E-state index contributed by atoms with van der Waals surface area (Å²) in [7, 11) is 0. The largest absolute Gasteiger partial charge is 0.473 e. The Kier molecular flexibility index (Phi) is 6.82. The van der Waals surface area contributed by atoms with Gasteiger partial charge in [0.15, 0.2) is 0 Å². The van der Waals surface area contributed by atoms with Gasteiger partial charge >= 0.3 is 12.2 Å². The van der Waals surface area contributed by atoms with Gasteiger partial charge in [0.1, 0.15) is 18.8 Å². The number of aromatic nitrogens is 2. The summed E-state index contributed by atoms with van der Waals surface area (Å²) >= 11 is 32.5. The van der Waals surface area contributed by atoms with Gasteiger partial charge < -0.3 is 9.47 Å². The van der Waals surface area contributed by atoms with Crippen molar-refractivity contribution >= 4 is 69.6 Å². The third-order valence-electron chi connectivity index (χ3n) is 1.77. The van der Waals surface area contributed by atoms with Gasteiger partial charge in [-0.1, -0.05) is 69.6 Å². The maximum atomic E-state index is 12.8. The molecule has 0 aliphatic carbocycles. The van der Waals surface area contributed by atoms with Gasteiger partial charge in [-0.15, -0.1) is 0 Å². The highest BCUT2D eigenvalue weighted by molar-refractivity contribution is 6.68. The molecule has 0 saturated heterocycles. The van der Waals surface area contributed by atoms with Crippen LogP contribution in [0.3, 0.4) is 0 Å². The lowest BCUT2D eigenvalue weighted by Gasteiger charge is -2.17. The molecule has 22 heavy (non-hydrogen) atoms. The van der Waals surface area contributed by atoms with Gasteiger partial charge in [0.05, 0.1) is 6.20 Å². The molecule has 0 aromatic carbocycles. The minimum atomic E-state index is -4.78. The molecule has 0 bridgehead atoms. The first-order valence-corrected chi connectivity index (χ1v) is 7.38. The molecule has 0 spiro atoms. The third-order valence-corrected chi connectivity index (χ3v) is 2.43. The van der Waals surface area contributed by atoms with Gasteiger partial charge in [-0.25, -0.2) is 4.98 Å². The topological polar surface area (TPSA) is 44.2 Å². The van der Waals surface area contributed by atoms with E-state index in [2.05, 4.69) is 9.97 Å². The molecular weight excluding hydrogens is 438 g/mol. The number of halogens is 9. The van der Waals surface area contributed by atoms with Crippen LogP contribution in [0.4, 0.5) is 13.2 Å². The van der Waals surface area contributed by atoms with Crippen LogP contribution in [-0.4, -0.2) is 30.8 Å². The summed E-state index contributed by atoms with van der Waals surface area (Å²) in [6, 6.07) is -0.501. The van der Waals surface area contributed by atoms with Crippen molar-refractivity contribution in [3.8, 4) is 11.9 Å². The lowest BCUT2D eigenvalue weighted by molar-refractivity contribution is -0.139. The highest BCUT2D eigenvalue weighted by atomic mass is 35.6. The summed E-state index contributed by atoms with van der Waals surface area (Å²) in [6.45, 7) is -1.17. The lowest BCUT2D eigenvalue weighted by Crippen LogP contribution is -2.20. The molecule has 1 rings (SSSR count). The Hall–Kier alpha value is 0.210. The second-order valence-corrected chi connectivity index (χ2v) is 8.71. The Morgan fingerprint density at radius 1 is 0.909 bits per heavy atom. The van der Waals surface area contributed by atoms with E-state index in [1.807, 2.05) is 0 Å². The molecule has 126 valence electrons. The Morgan fingerprint density at radius 3 is 1.86 bits per heavy atom. The number of alkyl halides is 9. The predicted molar refractivity (Wildman–Crippen MR) is 78.6 cm³/mol. The van der Waals surface area contributed by atoms with Crippen molar-refractivity contribution in [1.29, 1.82) is 0 Å².